The van der Waals surface area contributed by atoms with Crippen LogP contribution in [-0.4, -0.2) is 94.2 Å². The minimum Gasteiger partial charge on any atom is -0.379 e. The van der Waals surface area contributed by atoms with Crippen molar-refractivity contribution >= 4 is 15.7 Å². The summed E-state index contributed by atoms with van der Waals surface area (Å²) in [7, 11) is -2.96. The summed E-state index contributed by atoms with van der Waals surface area (Å²) >= 11 is 0. The van der Waals surface area contributed by atoms with Crippen LogP contribution >= 0.6 is 0 Å². The molecule has 2 rings (SSSR count). The van der Waals surface area contributed by atoms with Crippen molar-refractivity contribution in [3.8, 4) is 0 Å². The molecule has 1 unspecified atom stereocenters. The lowest BCUT2D eigenvalue weighted by Crippen LogP contribution is -2.46. The Morgan fingerprint density at radius 3 is 2.68 bits per heavy atom. The van der Waals surface area contributed by atoms with Crippen molar-refractivity contribution in [1.82, 2.24) is 15.1 Å². The number of hydrogen-bond donors (Lipinski definition) is 1. The molecule has 2 heterocycles. The molecule has 1 N–H and O–H groups in total. The zero-order chi connectivity index (χ0) is 16.0. The smallest absolute Gasteiger partial charge is 0.236 e. The molecule has 2 aliphatic heterocycles. The summed E-state index contributed by atoms with van der Waals surface area (Å²) in [6, 6.07) is -0.149. The lowest BCUT2D eigenvalue weighted by molar-refractivity contribution is -0.131. The number of nitrogens with one attached hydrogen (secondary N) is 1. The van der Waals surface area contributed by atoms with Gasteiger partial charge in [0.15, 0.2) is 9.84 Å². The summed E-state index contributed by atoms with van der Waals surface area (Å²) < 4.78 is 28.4. The Hall–Kier alpha value is -0.700. The molecular formula is C14H27N3O4S. The fourth-order valence-electron chi connectivity index (χ4n) is 3.02. The summed E-state index contributed by atoms with van der Waals surface area (Å²) in [5.41, 5.74) is 0. The molecule has 0 aromatic carbocycles. The van der Waals surface area contributed by atoms with E-state index in [1.165, 1.54) is 0 Å². The van der Waals surface area contributed by atoms with Crippen LogP contribution in [0.15, 0.2) is 0 Å². The molecule has 0 spiro atoms. The van der Waals surface area contributed by atoms with E-state index in [4.69, 9.17) is 4.74 Å². The van der Waals surface area contributed by atoms with E-state index >= 15 is 0 Å². The van der Waals surface area contributed by atoms with E-state index in [1.54, 1.807) is 4.90 Å². The second kappa shape index (κ2) is 8.24. The summed E-state index contributed by atoms with van der Waals surface area (Å²) in [6.45, 7) is 7.83. The van der Waals surface area contributed by atoms with Gasteiger partial charge in [-0.1, -0.05) is 0 Å². The monoisotopic (exact) mass is 333 g/mol. The van der Waals surface area contributed by atoms with E-state index < -0.39 is 9.84 Å². The van der Waals surface area contributed by atoms with Gasteiger partial charge in [0.25, 0.3) is 0 Å². The van der Waals surface area contributed by atoms with Crippen molar-refractivity contribution in [3.05, 3.63) is 0 Å². The normalized spacial score (nSPS) is 25.2. The number of ether oxygens (including phenoxy) is 1. The summed E-state index contributed by atoms with van der Waals surface area (Å²) in [5, 5.41) is 3.17. The quantitative estimate of drug-likeness (QED) is 0.599. The topological polar surface area (TPSA) is 79.0 Å². The van der Waals surface area contributed by atoms with Gasteiger partial charge in [-0.25, -0.2) is 8.42 Å². The van der Waals surface area contributed by atoms with E-state index in [-0.39, 0.29) is 30.0 Å². The largest absolute Gasteiger partial charge is 0.379 e. The van der Waals surface area contributed by atoms with Gasteiger partial charge in [-0.2, -0.15) is 0 Å². The summed E-state index contributed by atoms with van der Waals surface area (Å²) in [6.07, 6.45) is 0.565. The van der Waals surface area contributed by atoms with Crippen molar-refractivity contribution in [3.63, 3.8) is 0 Å². The van der Waals surface area contributed by atoms with Crippen LogP contribution < -0.4 is 5.32 Å². The van der Waals surface area contributed by atoms with E-state index in [0.717, 1.165) is 39.4 Å². The average Bonchev–Trinajstić information content (AvgIpc) is 2.85. The predicted molar refractivity (Wildman–Crippen MR) is 84.6 cm³/mol. The highest BCUT2D eigenvalue weighted by Crippen LogP contribution is 2.17. The van der Waals surface area contributed by atoms with Crippen LogP contribution in [0.3, 0.4) is 0 Å². The van der Waals surface area contributed by atoms with Crippen LogP contribution in [0.1, 0.15) is 13.3 Å². The number of hydrogen-bond acceptors (Lipinski definition) is 6. The number of amides is 1. The minimum absolute atomic E-state index is 0.00780. The number of carbonyl (C=O) groups is 1. The third-order valence-corrected chi connectivity index (χ3v) is 6.05. The molecule has 2 fully saturated rings. The molecule has 2 aliphatic rings. The first-order chi connectivity index (χ1) is 10.5. The van der Waals surface area contributed by atoms with Crippen molar-refractivity contribution in [1.29, 1.82) is 0 Å². The van der Waals surface area contributed by atoms with E-state index in [1.807, 2.05) is 6.92 Å². The van der Waals surface area contributed by atoms with Crippen LogP contribution in [-0.2, 0) is 19.4 Å². The van der Waals surface area contributed by atoms with Gasteiger partial charge in [-0.15, -0.1) is 0 Å². The molecule has 0 aromatic heterocycles. The van der Waals surface area contributed by atoms with Gasteiger partial charge in [0.05, 0.1) is 31.3 Å². The number of likely N-dealkylation sites (N-methyl/N-ethyl adjacent to an activating group) is 1. The molecule has 22 heavy (non-hydrogen) atoms. The van der Waals surface area contributed by atoms with Crippen LogP contribution in [0.4, 0.5) is 0 Å². The highest BCUT2D eigenvalue weighted by Gasteiger charge is 2.33. The molecule has 0 bridgehead atoms. The lowest BCUT2D eigenvalue weighted by atomic mass is 10.2. The van der Waals surface area contributed by atoms with Crippen LogP contribution in [0, 0.1) is 0 Å². The Bertz CT molecular complexity index is 463. The van der Waals surface area contributed by atoms with E-state index in [2.05, 4.69) is 10.2 Å². The highest BCUT2D eigenvalue weighted by molar-refractivity contribution is 7.91. The predicted octanol–water partition coefficient (Wildman–Crippen LogP) is -1.06. The maximum Gasteiger partial charge on any atom is 0.236 e. The van der Waals surface area contributed by atoms with Crippen LogP contribution in [0.5, 0.6) is 0 Å². The van der Waals surface area contributed by atoms with E-state index in [0.29, 0.717) is 13.0 Å². The maximum absolute atomic E-state index is 12.3. The fourth-order valence-corrected chi connectivity index (χ4v) is 4.75. The van der Waals surface area contributed by atoms with Gasteiger partial charge < -0.3 is 15.0 Å². The van der Waals surface area contributed by atoms with Gasteiger partial charge in [-0.3, -0.25) is 9.69 Å². The Kier molecular flexibility index (Phi) is 6.61. The molecule has 0 aliphatic carbocycles. The first kappa shape index (κ1) is 17.7. The zero-order valence-electron chi connectivity index (χ0n) is 13.3. The number of morpholine rings is 1. The molecule has 2 saturated heterocycles. The Labute approximate surface area is 132 Å². The summed E-state index contributed by atoms with van der Waals surface area (Å²) in [4.78, 5) is 16.3. The van der Waals surface area contributed by atoms with Gasteiger partial charge in [-0.05, 0) is 13.3 Å². The Morgan fingerprint density at radius 2 is 2.09 bits per heavy atom. The number of nitrogens with zero attached hydrogens (tertiary/aromatic N) is 2. The molecule has 1 atom stereocenters. The SMILES string of the molecule is CCN(C(=O)CNCCN1CCOCC1)C1CCS(=O)(=O)C1. The average molecular weight is 333 g/mol. The zero-order valence-corrected chi connectivity index (χ0v) is 14.1. The van der Waals surface area contributed by atoms with Crippen LogP contribution in [0.25, 0.3) is 0 Å². The van der Waals surface area contributed by atoms with Gasteiger partial charge in [0.2, 0.25) is 5.91 Å². The highest BCUT2D eigenvalue weighted by atomic mass is 32.2. The molecule has 7 nitrogen and oxygen atoms in total. The Balaban J connectivity index is 1.68. The maximum atomic E-state index is 12.3. The van der Waals surface area contributed by atoms with Crippen LogP contribution in [0.2, 0.25) is 0 Å². The lowest BCUT2D eigenvalue weighted by Gasteiger charge is -2.28. The molecule has 1 amide bonds. The molecule has 0 radical (unpaired) electrons. The molecule has 0 saturated carbocycles. The van der Waals surface area contributed by atoms with Gasteiger partial charge in [0.1, 0.15) is 0 Å². The number of sulfone groups is 1. The van der Waals surface area contributed by atoms with E-state index in [9.17, 15) is 13.2 Å². The second-order valence-corrected chi connectivity index (χ2v) is 8.10. The number of rotatable bonds is 7. The first-order valence-corrected chi connectivity index (χ1v) is 9.84. The van der Waals surface area contributed by atoms with Gasteiger partial charge >= 0.3 is 0 Å². The third-order valence-electron chi connectivity index (χ3n) is 4.29. The van der Waals surface area contributed by atoms with Crippen molar-refractivity contribution in [2.75, 3.05) is 64.0 Å². The molecular weight excluding hydrogens is 306 g/mol. The Morgan fingerprint density at radius 1 is 1.36 bits per heavy atom. The first-order valence-electron chi connectivity index (χ1n) is 8.02. The second-order valence-electron chi connectivity index (χ2n) is 5.87. The molecule has 8 heteroatoms. The fraction of sp³-hybridized carbons (Fsp3) is 0.929. The molecule has 0 aromatic rings. The van der Waals surface area contributed by atoms with Crippen molar-refractivity contribution in [2.45, 2.75) is 19.4 Å². The minimum atomic E-state index is -2.96. The van der Waals surface area contributed by atoms with Gasteiger partial charge in [0, 0.05) is 38.8 Å². The number of carbonyl (C=O) groups excluding carboxylic acids is 1. The van der Waals surface area contributed by atoms with Crippen molar-refractivity contribution < 1.29 is 17.9 Å². The van der Waals surface area contributed by atoms with Crippen molar-refractivity contribution in [2.24, 2.45) is 0 Å². The summed E-state index contributed by atoms with van der Waals surface area (Å²) in [5.74, 6) is 0.304. The molecule has 128 valence electrons. The third kappa shape index (κ3) is 5.19. The standard InChI is InChI=1S/C14H27N3O4S/c1-2-17(13-3-10-22(19,20)12-13)14(18)11-15-4-5-16-6-8-21-9-7-16/h13,15H,2-12H2,1H3.